The normalized spacial score (nSPS) is 29.0. The molecule has 2 unspecified atom stereocenters. The van der Waals surface area contributed by atoms with Crippen molar-refractivity contribution in [1.82, 2.24) is 4.90 Å². The molecule has 1 saturated heterocycles. The van der Waals surface area contributed by atoms with E-state index in [4.69, 9.17) is 5.73 Å². The number of nitrogens with zero attached hydrogens (tertiary/aromatic N) is 1. The van der Waals surface area contributed by atoms with E-state index in [0.29, 0.717) is 5.92 Å². The molecule has 1 spiro atoms. The van der Waals surface area contributed by atoms with E-state index in [1.165, 1.54) is 31.2 Å². The maximum Gasteiger partial charge on any atom is 0.315 e. The molecule has 0 aromatic heterocycles. The summed E-state index contributed by atoms with van der Waals surface area (Å²) < 4.78 is 0. The average molecular weight is 286 g/mol. The van der Waals surface area contributed by atoms with Gasteiger partial charge in [-0.2, -0.15) is 0 Å². The fourth-order valence-corrected chi connectivity index (χ4v) is 4.60. The van der Waals surface area contributed by atoms with Crippen LogP contribution in [0.15, 0.2) is 30.3 Å². The Morgan fingerprint density at radius 3 is 2.71 bits per heavy atom. The lowest BCUT2D eigenvalue weighted by molar-refractivity contribution is 0.0462. The number of aryl methyl sites for hydroxylation is 1. The highest BCUT2D eigenvalue weighted by atomic mass is 16.2. The van der Waals surface area contributed by atoms with E-state index in [2.05, 4.69) is 30.3 Å². The van der Waals surface area contributed by atoms with Gasteiger partial charge in [0.15, 0.2) is 0 Å². The summed E-state index contributed by atoms with van der Waals surface area (Å²) in [6, 6.07) is 10.5. The third-order valence-electron chi connectivity index (χ3n) is 5.59. The van der Waals surface area contributed by atoms with Crippen LogP contribution < -0.4 is 5.73 Å². The topological polar surface area (TPSA) is 46.3 Å². The van der Waals surface area contributed by atoms with Gasteiger partial charge in [-0.25, -0.2) is 4.79 Å². The SMILES string of the molecule is NC(=O)N1CCCCC12CCCC2CCc1ccccc1. The number of carbonyl (C=O) groups excluding carboxylic acids is 1. The van der Waals surface area contributed by atoms with Crippen LogP contribution in [0.2, 0.25) is 0 Å². The maximum absolute atomic E-state index is 11.9. The molecule has 2 N–H and O–H groups in total. The molecule has 3 nitrogen and oxygen atoms in total. The molecule has 0 bridgehead atoms. The zero-order valence-electron chi connectivity index (χ0n) is 12.8. The largest absolute Gasteiger partial charge is 0.351 e. The van der Waals surface area contributed by atoms with Crippen LogP contribution in [-0.4, -0.2) is 23.0 Å². The van der Waals surface area contributed by atoms with Gasteiger partial charge in [0.1, 0.15) is 0 Å². The van der Waals surface area contributed by atoms with Crippen molar-refractivity contribution in [2.75, 3.05) is 6.54 Å². The summed E-state index contributed by atoms with van der Waals surface area (Å²) in [6.07, 6.45) is 9.42. The molecule has 3 rings (SSSR count). The van der Waals surface area contributed by atoms with Crippen molar-refractivity contribution in [3.63, 3.8) is 0 Å². The van der Waals surface area contributed by atoms with E-state index in [0.717, 1.165) is 32.2 Å². The van der Waals surface area contributed by atoms with Crippen molar-refractivity contribution >= 4 is 6.03 Å². The smallest absolute Gasteiger partial charge is 0.315 e. The molecule has 3 heteroatoms. The lowest BCUT2D eigenvalue weighted by atomic mass is 9.76. The minimum absolute atomic E-state index is 0.0683. The van der Waals surface area contributed by atoms with Crippen molar-refractivity contribution in [3.8, 4) is 0 Å². The highest BCUT2D eigenvalue weighted by molar-refractivity contribution is 5.73. The predicted molar refractivity (Wildman–Crippen MR) is 85.0 cm³/mol. The lowest BCUT2D eigenvalue weighted by Gasteiger charge is -2.48. The quantitative estimate of drug-likeness (QED) is 0.904. The number of hydrogen-bond acceptors (Lipinski definition) is 1. The van der Waals surface area contributed by atoms with Gasteiger partial charge < -0.3 is 10.6 Å². The lowest BCUT2D eigenvalue weighted by Crippen LogP contribution is -2.58. The van der Waals surface area contributed by atoms with Gasteiger partial charge in [0, 0.05) is 12.1 Å². The molecule has 2 aliphatic rings. The number of primary amides is 1. The Morgan fingerprint density at radius 1 is 1.19 bits per heavy atom. The fraction of sp³-hybridized carbons (Fsp3) is 0.611. The van der Waals surface area contributed by atoms with Crippen LogP contribution >= 0.6 is 0 Å². The van der Waals surface area contributed by atoms with Crippen molar-refractivity contribution in [2.45, 2.75) is 56.9 Å². The molecule has 1 aliphatic carbocycles. The third kappa shape index (κ3) is 2.78. The van der Waals surface area contributed by atoms with Gasteiger partial charge in [0.25, 0.3) is 0 Å². The van der Waals surface area contributed by atoms with Crippen LogP contribution in [0.3, 0.4) is 0 Å². The van der Waals surface area contributed by atoms with Gasteiger partial charge in [0.05, 0.1) is 0 Å². The Kier molecular flexibility index (Phi) is 4.18. The monoisotopic (exact) mass is 286 g/mol. The summed E-state index contributed by atoms with van der Waals surface area (Å²) >= 11 is 0. The number of benzene rings is 1. The Morgan fingerprint density at radius 2 is 1.95 bits per heavy atom. The maximum atomic E-state index is 11.9. The van der Waals surface area contributed by atoms with Crippen LogP contribution in [0.5, 0.6) is 0 Å². The second kappa shape index (κ2) is 6.08. The van der Waals surface area contributed by atoms with Gasteiger partial charge in [-0.15, -0.1) is 0 Å². The van der Waals surface area contributed by atoms with Gasteiger partial charge in [-0.3, -0.25) is 0 Å². The first-order valence-electron chi connectivity index (χ1n) is 8.33. The molecular weight excluding hydrogens is 260 g/mol. The fourth-order valence-electron chi connectivity index (χ4n) is 4.60. The minimum atomic E-state index is -0.207. The average Bonchev–Trinajstić information content (AvgIpc) is 2.89. The summed E-state index contributed by atoms with van der Waals surface area (Å²) in [6.45, 7) is 0.858. The first-order valence-corrected chi connectivity index (χ1v) is 8.33. The Hall–Kier alpha value is -1.51. The van der Waals surface area contributed by atoms with E-state index >= 15 is 0 Å². The van der Waals surface area contributed by atoms with Crippen molar-refractivity contribution in [2.24, 2.45) is 11.7 Å². The van der Waals surface area contributed by atoms with E-state index < -0.39 is 0 Å². The molecule has 1 aromatic rings. The first kappa shape index (κ1) is 14.4. The highest BCUT2D eigenvalue weighted by Crippen LogP contribution is 2.47. The van der Waals surface area contributed by atoms with Crippen molar-refractivity contribution in [1.29, 1.82) is 0 Å². The number of rotatable bonds is 3. The molecule has 114 valence electrons. The van der Waals surface area contributed by atoms with Crippen LogP contribution in [0.25, 0.3) is 0 Å². The van der Waals surface area contributed by atoms with Crippen LogP contribution in [0.4, 0.5) is 4.79 Å². The summed E-state index contributed by atoms with van der Waals surface area (Å²) in [5.74, 6) is 0.616. The highest BCUT2D eigenvalue weighted by Gasteiger charge is 2.49. The van der Waals surface area contributed by atoms with Gasteiger partial charge in [0.2, 0.25) is 0 Å². The van der Waals surface area contributed by atoms with Crippen molar-refractivity contribution < 1.29 is 4.79 Å². The van der Waals surface area contributed by atoms with E-state index in [1.807, 2.05) is 4.90 Å². The molecule has 21 heavy (non-hydrogen) atoms. The standard InChI is InChI=1S/C18H26N2O/c19-17(21)20-14-5-4-12-18(20)13-6-9-16(18)11-10-15-7-2-1-3-8-15/h1-3,7-8,16H,4-6,9-14H2,(H2,19,21). The summed E-state index contributed by atoms with van der Waals surface area (Å²) in [5, 5.41) is 0. The van der Waals surface area contributed by atoms with Gasteiger partial charge in [-0.1, -0.05) is 36.8 Å². The number of hydrogen-bond donors (Lipinski definition) is 1. The summed E-state index contributed by atoms with van der Waals surface area (Å²) in [5.41, 5.74) is 7.15. The Balaban J connectivity index is 1.73. The molecule has 1 aliphatic heterocycles. The van der Waals surface area contributed by atoms with Gasteiger partial charge >= 0.3 is 6.03 Å². The van der Waals surface area contributed by atoms with E-state index in [-0.39, 0.29) is 11.6 Å². The molecule has 2 fully saturated rings. The number of nitrogens with two attached hydrogens (primary N) is 1. The van der Waals surface area contributed by atoms with Crippen molar-refractivity contribution in [3.05, 3.63) is 35.9 Å². The van der Waals surface area contributed by atoms with Crippen LogP contribution in [0, 0.1) is 5.92 Å². The second-order valence-electron chi connectivity index (χ2n) is 6.66. The summed E-state index contributed by atoms with van der Waals surface area (Å²) in [7, 11) is 0. The first-order chi connectivity index (χ1) is 10.2. The summed E-state index contributed by atoms with van der Waals surface area (Å²) in [4.78, 5) is 13.9. The molecule has 1 heterocycles. The Bertz CT molecular complexity index is 487. The Labute approximate surface area is 127 Å². The molecular formula is C18H26N2O. The third-order valence-corrected chi connectivity index (χ3v) is 5.59. The van der Waals surface area contributed by atoms with E-state index in [9.17, 15) is 4.79 Å². The molecule has 0 radical (unpaired) electrons. The molecule has 2 amide bonds. The number of urea groups is 1. The zero-order valence-corrected chi connectivity index (χ0v) is 12.8. The zero-order chi connectivity index (χ0) is 14.7. The number of piperidine rings is 1. The second-order valence-corrected chi connectivity index (χ2v) is 6.66. The van der Waals surface area contributed by atoms with E-state index in [1.54, 1.807) is 0 Å². The number of carbonyl (C=O) groups is 1. The van der Waals surface area contributed by atoms with Gasteiger partial charge in [-0.05, 0) is 56.4 Å². The molecule has 2 atom stereocenters. The van der Waals surface area contributed by atoms with Crippen LogP contribution in [0.1, 0.15) is 50.5 Å². The van der Waals surface area contributed by atoms with Crippen LogP contribution in [-0.2, 0) is 6.42 Å². The minimum Gasteiger partial charge on any atom is -0.351 e. The molecule has 1 aromatic carbocycles. The number of amides is 2. The molecule has 1 saturated carbocycles. The number of likely N-dealkylation sites (tertiary alicyclic amines) is 1. The predicted octanol–water partition coefficient (Wildman–Crippen LogP) is 3.72.